The zero-order valence-corrected chi connectivity index (χ0v) is 12.8. The van der Waals surface area contributed by atoms with E-state index in [1.54, 1.807) is 5.56 Å². The molecule has 0 fully saturated rings. The lowest BCUT2D eigenvalue weighted by Gasteiger charge is -2.16. The van der Waals surface area contributed by atoms with Crippen LogP contribution in [0.5, 0.6) is 0 Å². The Morgan fingerprint density at radius 1 is 1.11 bits per heavy atom. The van der Waals surface area contributed by atoms with Crippen LogP contribution < -0.4 is 5.14 Å². The Labute approximate surface area is 120 Å². The van der Waals surface area contributed by atoms with Crippen molar-refractivity contribution in [3.05, 3.63) is 35.9 Å². The van der Waals surface area contributed by atoms with Crippen molar-refractivity contribution in [1.29, 1.82) is 0 Å². The van der Waals surface area contributed by atoms with Gasteiger partial charge < -0.3 is 4.55 Å². The van der Waals surface area contributed by atoms with Crippen LogP contribution in [-0.4, -0.2) is 8.76 Å². The van der Waals surface area contributed by atoms with E-state index in [0.29, 0.717) is 0 Å². The number of hydrogen-bond acceptors (Lipinski definition) is 2. The van der Waals surface area contributed by atoms with E-state index in [9.17, 15) is 0 Å². The van der Waals surface area contributed by atoms with Crippen LogP contribution in [0.4, 0.5) is 0 Å². The maximum Gasteiger partial charge on any atom is 0.0152 e. The van der Waals surface area contributed by atoms with E-state index in [2.05, 4.69) is 49.3 Å². The Balaban J connectivity index is 0.000000711. The van der Waals surface area contributed by atoms with E-state index in [4.69, 9.17) is 8.76 Å². The lowest BCUT2D eigenvalue weighted by Crippen LogP contribution is -1.98. The van der Waals surface area contributed by atoms with Crippen LogP contribution in [0.1, 0.15) is 63.9 Å². The van der Waals surface area contributed by atoms with Crippen molar-refractivity contribution in [2.45, 2.75) is 58.3 Å². The van der Waals surface area contributed by atoms with Crippen molar-refractivity contribution < 1.29 is 8.76 Å². The highest BCUT2D eigenvalue weighted by molar-refractivity contribution is 7.76. The molecule has 0 radical (unpaired) electrons. The van der Waals surface area contributed by atoms with Gasteiger partial charge in [0.15, 0.2) is 0 Å². The van der Waals surface area contributed by atoms with Gasteiger partial charge in [-0.3, -0.25) is 9.35 Å². The molecule has 0 aromatic heterocycles. The van der Waals surface area contributed by atoms with E-state index in [-0.39, 0.29) is 0 Å². The normalized spacial score (nSPS) is 11.8. The van der Waals surface area contributed by atoms with Gasteiger partial charge in [0.05, 0.1) is 0 Å². The summed E-state index contributed by atoms with van der Waals surface area (Å²) in [6.07, 6.45) is 8.08. The van der Waals surface area contributed by atoms with E-state index in [1.807, 2.05) is 0 Å². The molecular weight excluding hydrogens is 258 g/mol. The number of rotatable bonds is 7. The molecule has 0 heterocycles. The minimum atomic E-state index is -2.36. The highest BCUT2D eigenvalue weighted by Crippen LogP contribution is 2.27. The van der Waals surface area contributed by atoms with Gasteiger partial charge in [-0.15, -0.1) is 0 Å². The molecule has 2 N–H and O–H groups in total. The maximum absolute atomic E-state index is 8.78. The summed E-state index contributed by atoms with van der Waals surface area (Å²) in [4.78, 5) is 0. The van der Waals surface area contributed by atoms with Gasteiger partial charge in [-0.1, -0.05) is 69.9 Å². The van der Waals surface area contributed by atoms with Gasteiger partial charge in [0.1, 0.15) is 0 Å². The van der Waals surface area contributed by atoms with Gasteiger partial charge in [-0.05, 0) is 24.3 Å². The highest BCUT2D eigenvalue weighted by atomic mass is 32.2. The summed E-state index contributed by atoms with van der Waals surface area (Å²) in [6, 6.07) is 11.0. The predicted molar refractivity (Wildman–Crippen MR) is 81.3 cm³/mol. The molecule has 4 heteroatoms. The first-order valence-electron chi connectivity index (χ1n) is 7.00. The summed E-state index contributed by atoms with van der Waals surface area (Å²) >= 11 is -2.36. The lowest BCUT2D eigenvalue weighted by atomic mass is 9.89. The van der Waals surface area contributed by atoms with Crippen LogP contribution in [0.15, 0.2) is 30.3 Å². The van der Waals surface area contributed by atoms with Crippen LogP contribution in [-0.2, 0) is 11.3 Å². The summed E-state index contributed by atoms with van der Waals surface area (Å²) in [5.41, 5.74) is 1.54. The Kier molecular flexibility index (Phi) is 11.9. The van der Waals surface area contributed by atoms with Crippen LogP contribution in [0.25, 0.3) is 0 Å². The topological polar surface area (TPSA) is 66.2 Å². The summed E-state index contributed by atoms with van der Waals surface area (Å²) in [5.74, 6) is 0.797. The van der Waals surface area contributed by atoms with Crippen LogP contribution in [0, 0.1) is 0 Å². The van der Waals surface area contributed by atoms with Crippen molar-refractivity contribution in [3.63, 3.8) is 0 Å². The maximum atomic E-state index is 8.78. The van der Waals surface area contributed by atoms with Crippen molar-refractivity contribution >= 4 is 11.3 Å². The predicted octanol–water partition coefficient (Wildman–Crippen LogP) is 3.89. The molecule has 0 aliphatic heterocycles. The van der Waals surface area contributed by atoms with Gasteiger partial charge in [0.2, 0.25) is 0 Å². The molecule has 1 aromatic rings. The SMILES string of the molecule is CCCCC(CCCC)c1ccccc1.NS(=O)[O-]. The molecule has 0 saturated carbocycles. The minimum Gasteiger partial charge on any atom is -0.760 e. The molecule has 0 aliphatic rings. The zero-order chi connectivity index (χ0) is 14.5. The third-order valence-electron chi connectivity index (χ3n) is 3.08. The first-order chi connectivity index (χ1) is 9.11. The van der Waals surface area contributed by atoms with E-state index < -0.39 is 11.3 Å². The first-order valence-corrected chi connectivity index (χ1v) is 8.14. The average molecular weight is 284 g/mol. The van der Waals surface area contributed by atoms with Crippen LogP contribution in [0.3, 0.4) is 0 Å². The smallest absolute Gasteiger partial charge is 0.0152 e. The third-order valence-corrected chi connectivity index (χ3v) is 3.08. The molecule has 19 heavy (non-hydrogen) atoms. The van der Waals surface area contributed by atoms with Crippen LogP contribution in [0.2, 0.25) is 0 Å². The fraction of sp³-hybridized carbons (Fsp3) is 0.600. The monoisotopic (exact) mass is 284 g/mol. The summed E-state index contributed by atoms with van der Waals surface area (Å²) < 4.78 is 17.6. The fourth-order valence-electron chi connectivity index (χ4n) is 2.10. The quantitative estimate of drug-likeness (QED) is 0.772. The van der Waals surface area contributed by atoms with Crippen molar-refractivity contribution in [3.8, 4) is 0 Å². The molecule has 0 spiro atoms. The molecule has 3 nitrogen and oxygen atoms in total. The van der Waals surface area contributed by atoms with Crippen molar-refractivity contribution in [2.24, 2.45) is 5.14 Å². The minimum absolute atomic E-state index is 0.797. The molecule has 1 aromatic carbocycles. The van der Waals surface area contributed by atoms with Crippen molar-refractivity contribution in [1.82, 2.24) is 0 Å². The first kappa shape index (κ1) is 18.3. The summed E-state index contributed by atoms with van der Waals surface area (Å²) in [5, 5.41) is 4.03. The number of unbranched alkanes of at least 4 members (excludes halogenated alkanes) is 2. The van der Waals surface area contributed by atoms with Crippen molar-refractivity contribution in [2.75, 3.05) is 0 Å². The molecule has 0 saturated heterocycles. The van der Waals surface area contributed by atoms with Gasteiger partial charge in [0.25, 0.3) is 0 Å². The van der Waals surface area contributed by atoms with E-state index in [0.717, 1.165) is 5.92 Å². The lowest BCUT2D eigenvalue weighted by molar-refractivity contribution is 0.525. The molecular formula is C15H26NO2S-. The molecule has 0 bridgehead atoms. The third kappa shape index (κ3) is 10.9. The second-order valence-corrected chi connectivity index (χ2v) is 5.17. The standard InChI is InChI=1S/C15H24.H3NO2S/c1-3-5-10-14(11-6-4-2)15-12-8-7-9-13-15;1-4(2)3/h7-9,12-14H,3-6,10-11H2,1-2H3;1H2,(H,2,3)/p-1. The number of hydrogen-bond donors (Lipinski definition) is 1. The fourth-order valence-corrected chi connectivity index (χ4v) is 2.10. The molecule has 110 valence electrons. The zero-order valence-electron chi connectivity index (χ0n) is 12.0. The number of nitrogens with two attached hydrogens (primary N) is 1. The van der Waals surface area contributed by atoms with Gasteiger partial charge in [-0.25, -0.2) is 0 Å². The van der Waals surface area contributed by atoms with E-state index >= 15 is 0 Å². The molecule has 0 aliphatic carbocycles. The molecule has 1 rings (SSSR count). The number of benzene rings is 1. The second kappa shape index (κ2) is 12.3. The molecule has 1 atom stereocenters. The van der Waals surface area contributed by atoms with Gasteiger partial charge in [0, 0.05) is 11.3 Å². The van der Waals surface area contributed by atoms with E-state index in [1.165, 1.54) is 38.5 Å². The average Bonchev–Trinajstić information content (AvgIpc) is 2.39. The Bertz CT molecular complexity index is 318. The second-order valence-electron chi connectivity index (χ2n) is 4.65. The highest BCUT2D eigenvalue weighted by Gasteiger charge is 2.09. The molecule has 0 amide bonds. The largest absolute Gasteiger partial charge is 0.760 e. The Hall–Kier alpha value is -0.710. The van der Waals surface area contributed by atoms with Gasteiger partial charge in [-0.2, -0.15) is 0 Å². The summed E-state index contributed by atoms with van der Waals surface area (Å²) in [6.45, 7) is 4.56. The summed E-state index contributed by atoms with van der Waals surface area (Å²) in [7, 11) is 0. The Morgan fingerprint density at radius 2 is 1.53 bits per heavy atom. The molecule has 1 unspecified atom stereocenters. The Morgan fingerprint density at radius 3 is 1.89 bits per heavy atom. The van der Waals surface area contributed by atoms with Crippen LogP contribution >= 0.6 is 0 Å². The van der Waals surface area contributed by atoms with Gasteiger partial charge >= 0.3 is 0 Å².